The fraction of sp³-hybridized carbons (Fsp3) is 0.290. The van der Waals surface area contributed by atoms with Gasteiger partial charge in [-0.3, -0.25) is 9.59 Å². The predicted molar refractivity (Wildman–Crippen MR) is 154 cm³/mol. The number of fused-ring (bicyclic) bond motifs is 1. The summed E-state index contributed by atoms with van der Waals surface area (Å²) in [6.45, 7) is 2.64. The number of phenols is 1. The van der Waals surface area contributed by atoms with Crippen LogP contribution in [0.15, 0.2) is 71.5 Å². The number of phenolic OH excluding ortho intramolecular Hbond substituents is 1. The number of nitrogens with one attached hydrogen (secondary N) is 3. The molecule has 3 aromatic carbocycles. The largest absolute Gasteiger partial charge is 0.506 e. The maximum atomic E-state index is 12.6. The standard InChI is InChI=1S/C31H35N3O6/c1-19(32-18-26(36)22-11-13-25(35)31-23(22)12-14-29(37)34-31)15-20-7-9-21(10-8-20)16-30(38)33-17-24-27(39-2)5-4-6-28(24)40-3/h4-14,19,26,32,35-36H,15-18H2,1-3H3,(H,33,38)(H,34,37)/t19?,26-/m0/s1. The van der Waals surface area contributed by atoms with E-state index in [2.05, 4.69) is 15.6 Å². The minimum atomic E-state index is -0.826. The molecule has 9 heteroatoms. The smallest absolute Gasteiger partial charge is 0.248 e. The highest BCUT2D eigenvalue weighted by atomic mass is 16.5. The van der Waals surface area contributed by atoms with Crippen molar-refractivity contribution in [3.8, 4) is 17.2 Å². The number of amides is 1. The Balaban J connectivity index is 1.28. The van der Waals surface area contributed by atoms with Crippen molar-refractivity contribution in [3.63, 3.8) is 0 Å². The number of carbonyl (C=O) groups excluding carboxylic acids is 1. The lowest BCUT2D eigenvalue weighted by Gasteiger charge is -2.19. The molecule has 0 aliphatic heterocycles. The van der Waals surface area contributed by atoms with Crippen LogP contribution in [-0.4, -0.2) is 47.9 Å². The molecule has 0 fully saturated rings. The van der Waals surface area contributed by atoms with Crippen LogP contribution in [0.3, 0.4) is 0 Å². The molecule has 0 saturated carbocycles. The number of aliphatic hydroxyl groups is 1. The highest BCUT2D eigenvalue weighted by molar-refractivity contribution is 5.87. The minimum Gasteiger partial charge on any atom is -0.506 e. The molecule has 1 heterocycles. The molecule has 4 rings (SSSR count). The van der Waals surface area contributed by atoms with Gasteiger partial charge in [-0.2, -0.15) is 0 Å². The van der Waals surface area contributed by atoms with Gasteiger partial charge in [0, 0.05) is 24.0 Å². The Morgan fingerprint density at radius 2 is 1.62 bits per heavy atom. The molecule has 0 spiro atoms. The lowest BCUT2D eigenvalue weighted by atomic mass is 10.0. The van der Waals surface area contributed by atoms with Gasteiger partial charge in [0.25, 0.3) is 0 Å². The van der Waals surface area contributed by atoms with Crippen LogP contribution in [0.25, 0.3) is 10.9 Å². The van der Waals surface area contributed by atoms with Crippen LogP contribution in [0.1, 0.15) is 35.3 Å². The number of rotatable bonds is 12. The molecule has 40 heavy (non-hydrogen) atoms. The van der Waals surface area contributed by atoms with Gasteiger partial charge in [0.2, 0.25) is 11.5 Å². The number of aliphatic hydroxyl groups excluding tert-OH is 1. The maximum Gasteiger partial charge on any atom is 0.248 e. The average molecular weight is 546 g/mol. The van der Waals surface area contributed by atoms with Crippen LogP contribution >= 0.6 is 0 Å². The molecule has 0 aliphatic carbocycles. The second-order valence-corrected chi connectivity index (χ2v) is 9.73. The van der Waals surface area contributed by atoms with Gasteiger partial charge in [-0.15, -0.1) is 0 Å². The Hall–Kier alpha value is -4.34. The van der Waals surface area contributed by atoms with Crippen molar-refractivity contribution in [2.45, 2.75) is 38.5 Å². The van der Waals surface area contributed by atoms with E-state index in [1.807, 2.05) is 49.4 Å². The van der Waals surface area contributed by atoms with E-state index in [1.165, 1.54) is 12.1 Å². The summed E-state index contributed by atoms with van der Waals surface area (Å²) in [6.07, 6.45) is 0.160. The van der Waals surface area contributed by atoms with E-state index in [1.54, 1.807) is 26.4 Å². The number of hydrogen-bond donors (Lipinski definition) is 5. The summed E-state index contributed by atoms with van der Waals surface area (Å²) < 4.78 is 10.8. The van der Waals surface area contributed by atoms with Gasteiger partial charge in [0.15, 0.2) is 0 Å². The highest BCUT2D eigenvalue weighted by Crippen LogP contribution is 2.29. The molecule has 1 unspecified atom stereocenters. The van der Waals surface area contributed by atoms with Gasteiger partial charge >= 0.3 is 0 Å². The van der Waals surface area contributed by atoms with Gasteiger partial charge in [-0.25, -0.2) is 0 Å². The third-order valence-electron chi connectivity index (χ3n) is 6.85. The molecule has 1 amide bonds. The Morgan fingerprint density at radius 3 is 2.30 bits per heavy atom. The number of pyridine rings is 1. The van der Waals surface area contributed by atoms with Gasteiger partial charge in [0.1, 0.15) is 17.2 Å². The summed E-state index contributed by atoms with van der Waals surface area (Å²) in [4.78, 5) is 26.8. The van der Waals surface area contributed by atoms with Crippen LogP contribution in [0.2, 0.25) is 0 Å². The number of H-pyrrole nitrogens is 1. The Kier molecular flexibility index (Phi) is 9.42. The zero-order valence-electron chi connectivity index (χ0n) is 22.9. The molecule has 1 aromatic heterocycles. The number of aromatic amines is 1. The third kappa shape index (κ3) is 6.99. The molecular formula is C31H35N3O6. The van der Waals surface area contributed by atoms with Gasteiger partial charge in [0.05, 0.1) is 44.4 Å². The first kappa shape index (κ1) is 28.7. The van der Waals surface area contributed by atoms with E-state index in [0.29, 0.717) is 41.1 Å². The van der Waals surface area contributed by atoms with Crippen molar-refractivity contribution in [1.29, 1.82) is 0 Å². The minimum absolute atomic E-state index is 0.0393. The maximum absolute atomic E-state index is 12.6. The lowest BCUT2D eigenvalue weighted by Crippen LogP contribution is -2.32. The molecule has 4 aromatic rings. The predicted octanol–water partition coefficient (Wildman–Crippen LogP) is 3.36. The van der Waals surface area contributed by atoms with Crippen molar-refractivity contribution in [2.24, 2.45) is 0 Å². The zero-order valence-corrected chi connectivity index (χ0v) is 22.9. The number of methoxy groups -OCH3 is 2. The van der Waals surface area contributed by atoms with Crippen LogP contribution in [0.5, 0.6) is 17.2 Å². The number of carbonyl (C=O) groups is 1. The quantitative estimate of drug-likeness (QED) is 0.184. The van der Waals surface area contributed by atoms with E-state index in [4.69, 9.17) is 9.47 Å². The number of aromatic hydroxyl groups is 1. The fourth-order valence-electron chi connectivity index (χ4n) is 4.73. The van der Waals surface area contributed by atoms with Crippen LogP contribution in [0, 0.1) is 0 Å². The van der Waals surface area contributed by atoms with E-state index in [-0.39, 0.29) is 29.7 Å². The van der Waals surface area contributed by atoms with Crippen LogP contribution in [0.4, 0.5) is 0 Å². The van der Waals surface area contributed by atoms with Crippen LogP contribution in [-0.2, 0) is 24.2 Å². The summed E-state index contributed by atoms with van der Waals surface area (Å²) in [7, 11) is 3.17. The first-order valence-corrected chi connectivity index (χ1v) is 13.1. The molecule has 0 radical (unpaired) electrons. The van der Waals surface area contributed by atoms with Crippen molar-refractivity contribution in [1.82, 2.24) is 15.6 Å². The monoisotopic (exact) mass is 545 g/mol. The van der Waals surface area contributed by atoms with Crippen molar-refractivity contribution >= 4 is 16.8 Å². The van der Waals surface area contributed by atoms with Crippen molar-refractivity contribution in [3.05, 3.63) is 99.3 Å². The van der Waals surface area contributed by atoms with E-state index in [9.17, 15) is 19.8 Å². The zero-order chi connectivity index (χ0) is 28.6. The summed E-state index contributed by atoms with van der Waals surface area (Å²) in [5.41, 5.74) is 3.41. The summed E-state index contributed by atoms with van der Waals surface area (Å²) in [5.74, 6) is 1.18. The third-order valence-corrected chi connectivity index (χ3v) is 6.85. The lowest BCUT2D eigenvalue weighted by molar-refractivity contribution is -0.120. The van der Waals surface area contributed by atoms with Gasteiger partial charge in [-0.1, -0.05) is 36.4 Å². The molecule has 0 bridgehead atoms. The summed E-state index contributed by atoms with van der Waals surface area (Å²) in [6, 6.07) is 19.6. The summed E-state index contributed by atoms with van der Waals surface area (Å²) >= 11 is 0. The number of hydrogen-bond acceptors (Lipinski definition) is 7. The molecule has 0 aliphatic rings. The molecule has 2 atom stereocenters. The SMILES string of the molecule is COc1cccc(OC)c1CNC(=O)Cc1ccc(CC(C)NC[C@H](O)c2ccc(O)c3[nH]c(=O)ccc23)cc1. The Labute approximate surface area is 232 Å². The topological polar surface area (TPSA) is 133 Å². The molecule has 0 saturated heterocycles. The fourth-order valence-corrected chi connectivity index (χ4v) is 4.73. The molecular weight excluding hydrogens is 510 g/mol. The molecule has 5 N–H and O–H groups in total. The van der Waals surface area contributed by atoms with Crippen molar-refractivity contribution in [2.75, 3.05) is 20.8 Å². The number of ether oxygens (including phenoxy) is 2. The number of benzene rings is 3. The summed E-state index contributed by atoms with van der Waals surface area (Å²) in [5, 5.41) is 27.8. The van der Waals surface area contributed by atoms with Gasteiger partial charge in [-0.05, 0) is 54.3 Å². The van der Waals surface area contributed by atoms with Crippen LogP contribution < -0.4 is 25.7 Å². The van der Waals surface area contributed by atoms with Crippen molar-refractivity contribution < 1.29 is 24.5 Å². The Bertz CT molecular complexity index is 1490. The second-order valence-electron chi connectivity index (χ2n) is 9.73. The average Bonchev–Trinajstić information content (AvgIpc) is 2.96. The second kappa shape index (κ2) is 13.1. The first-order chi connectivity index (χ1) is 19.3. The highest BCUT2D eigenvalue weighted by Gasteiger charge is 2.16. The van der Waals surface area contributed by atoms with E-state index >= 15 is 0 Å². The number of aromatic nitrogens is 1. The normalized spacial score (nSPS) is 12.6. The van der Waals surface area contributed by atoms with E-state index < -0.39 is 6.10 Å². The van der Waals surface area contributed by atoms with E-state index in [0.717, 1.165) is 23.1 Å². The molecule has 210 valence electrons. The first-order valence-electron chi connectivity index (χ1n) is 13.1. The Morgan fingerprint density at radius 1 is 0.950 bits per heavy atom. The van der Waals surface area contributed by atoms with Gasteiger partial charge < -0.3 is 35.3 Å². The molecule has 9 nitrogen and oxygen atoms in total.